The van der Waals surface area contributed by atoms with Crippen molar-refractivity contribution in [2.45, 2.75) is 13.3 Å². The summed E-state index contributed by atoms with van der Waals surface area (Å²) in [5, 5.41) is 0. The van der Waals surface area contributed by atoms with E-state index in [1.54, 1.807) is 20.5 Å². The monoisotopic (exact) mass is 248 g/mol. The Hall–Kier alpha value is -2.17. The number of rotatable bonds is 4. The van der Waals surface area contributed by atoms with Crippen LogP contribution in [0.5, 0.6) is 11.5 Å². The van der Waals surface area contributed by atoms with Crippen LogP contribution in [0.3, 0.4) is 0 Å². The van der Waals surface area contributed by atoms with Gasteiger partial charge in [0, 0.05) is 12.0 Å². The third kappa shape index (κ3) is 2.40. The molecular weight excluding hydrogens is 232 g/mol. The lowest BCUT2D eigenvalue weighted by Crippen LogP contribution is -1.98. The zero-order chi connectivity index (χ0) is 13.1. The van der Waals surface area contributed by atoms with Crippen molar-refractivity contribution < 1.29 is 13.9 Å². The van der Waals surface area contributed by atoms with Gasteiger partial charge in [0.15, 0.2) is 0 Å². The number of hydrogen-bond donors (Lipinski definition) is 1. The lowest BCUT2D eigenvalue weighted by molar-refractivity contribution is 0.397. The topological polar surface area (TPSA) is 70.5 Å². The van der Waals surface area contributed by atoms with Crippen LogP contribution in [0.25, 0.3) is 0 Å². The maximum Gasteiger partial charge on any atom is 0.292 e. The third-order valence-electron chi connectivity index (χ3n) is 2.74. The first-order valence-corrected chi connectivity index (χ1v) is 5.55. The van der Waals surface area contributed by atoms with Gasteiger partial charge in [-0.3, -0.25) is 0 Å². The molecule has 1 aromatic carbocycles. The molecule has 0 radical (unpaired) electrons. The van der Waals surface area contributed by atoms with Gasteiger partial charge in [-0.25, -0.2) is 0 Å². The summed E-state index contributed by atoms with van der Waals surface area (Å²) >= 11 is 0. The van der Waals surface area contributed by atoms with Crippen molar-refractivity contribution in [2.75, 3.05) is 20.0 Å². The molecule has 0 atom stereocenters. The number of methoxy groups -OCH3 is 2. The first-order valence-electron chi connectivity index (χ1n) is 5.55. The van der Waals surface area contributed by atoms with Crippen LogP contribution in [0.4, 0.5) is 6.01 Å². The van der Waals surface area contributed by atoms with E-state index in [2.05, 4.69) is 4.98 Å². The van der Waals surface area contributed by atoms with Crippen LogP contribution in [0.1, 0.15) is 16.8 Å². The van der Waals surface area contributed by atoms with Crippen molar-refractivity contribution in [1.82, 2.24) is 4.98 Å². The van der Waals surface area contributed by atoms with Crippen molar-refractivity contribution in [3.05, 3.63) is 35.2 Å². The van der Waals surface area contributed by atoms with Crippen LogP contribution in [-0.4, -0.2) is 19.2 Å². The molecule has 0 spiro atoms. The normalized spacial score (nSPS) is 10.4. The highest BCUT2D eigenvalue weighted by Crippen LogP contribution is 2.29. The van der Waals surface area contributed by atoms with Crippen LogP contribution < -0.4 is 15.2 Å². The zero-order valence-corrected chi connectivity index (χ0v) is 10.7. The Bertz CT molecular complexity index is 549. The second kappa shape index (κ2) is 5.00. The summed E-state index contributed by atoms with van der Waals surface area (Å²) in [4.78, 5) is 4.07. The number of nitrogens with two attached hydrogens (primary N) is 1. The molecule has 0 aliphatic heterocycles. The van der Waals surface area contributed by atoms with Crippen molar-refractivity contribution in [2.24, 2.45) is 0 Å². The molecule has 1 aromatic heterocycles. The van der Waals surface area contributed by atoms with Gasteiger partial charge >= 0.3 is 0 Å². The van der Waals surface area contributed by atoms with Crippen molar-refractivity contribution in [1.29, 1.82) is 0 Å². The average molecular weight is 248 g/mol. The summed E-state index contributed by atoms with van der Waals surface area (Å²) in [6.45, 7) is 1.97. The second-order valence-electron chi connectivity index (χ2n) is 3.99. The fraction of sp³-hybridized carbons (Fsp3) is 0.308. The lowest BCUT2D eigenvalue weighted by Gasteiger charge is -2.12. The maximum absolute atomic E-state index is 5.45. The summed E-state index contributed by atoms with van der Waals surface area (Å²) in [6.07, 6.45) is 2.13. The highest BCUT2D eigenvalue weighted by atomic mass is 16.5. The van der Waals surface area contributed by atoms with Gasteiger partial charge in [0.1, 0.15) is 17.8 Å². The summed E-state index contributed by atoms with van der Waals surface area (Å²) < 4.78 is 15.6. The van der Waals surface area contributed by atoms with E-state index < -0.39 is 0 Å². The van der Waals surface area contributed by atoms with E-state index in [1.165, 1.54) is 0 Å². The average Bonchev–Trinajstić information content (AvgIpc) is 2.76. The van der Waals surface area contributed by atoms with Crippen molar-refractivity contribution >= 4 is 6.01 Å². The predicted octanol–water partition coefficient (Wildman–Crippen LogP) is 2.17. The molecule has 0 saturated carbocycles. The molecule has 0 amide bonds. The minimum atomic E-state index is 0.169. The maximum atomic E-state index is 5.45. The van der Waals surface area contributed by atoms with E-state index >= 15 is 0 Å². The van der Waals surface area contributed by atoms with Crippen molar-refractivity contribution in [3.8, 4) is 11.5 Å². The largest absolute Gasteiger partial charge is 0.496 e. The summed E-state index contributed by atoms with van der Waals surface area (Å²) in [5.74, 6) is 1.62. The number of oxazole rings is 1. The zero-order valence-electron chi connectivity index (χ0n) is 10.7. The fourth-order valence-electron chi connectivity index (χ4n) is 1.85. The minimum absolute atomic E-state index is 0.169. The minimum Gasteiger partial charge on any atom is -0.496 e. The molecule has 0 aliphatic carbocycles. The Labute approximate surface area is 106 Å². The van der Waals surface area contributed by atoms with E-state index in [4.69, 9.17) is 19.6 Å². The molecule has 96 valence electrons. The van der Waals surface area contributed by atoms with Gasteiger partial charge in [0.25, 0.3) is 6.01 Å². The van der Waals surface area contributed by atoms with Crippen LogP contribution in [0.15, 0.2) is 22.8 Å². The van der Waals surface area contributed by atoms with Gasteiger partial charge in [-0.2, -0.15) is 4.98 Å². The number of anilines is 1. The molecule has 0 aliphatic rings. The van der Waals surface area contributed by atoms with Gasteiger partial charge in [-0.05, 0) is 24.6 Å². The van der Waals surface area contributed by atoms with Gasteiger partial charge < -0.3 is 19.6 Å². The van der Waals surface area contributed by atoms with E-state index in [9.17, 15) is 0 Å². The quantitative estimate of drug-likeness (QED) is 0.897. The van der Waals surface area contributed by atoms with Gasteiger partial charge in [0.05, 0.1) is 19.9 Å². The number of aromatic nitrogens is 1. The Morgan fingerprint density at radius 1 is 1.22 bits per heavy atom. The molecule has 5 nitrogen and oxygen atoms in total. The molecule has 2 N–H and O–H groups in total. The first-order chi connectivity index (χ1) is 8.63. The number of hydrogen-bond acceptors (Lipinski definition) is 5. The Balaban J connectivity index is 2.36. The first kappa shape index (κ1) is 12.3. The van der Waals surface area contributed by atoms with Crippen molar-refractivity contribution in [3.63, 3.8) is 0 Å². The standard InChI is InChI=1S/C13H16N2O3/c1-8-4-12(17-3)9(6-11(8)16-2)5-10-7-18-13(14)15-10/h4,6-7H,5H2,1-3H3,(H2,14,15). The highest BCUT2D eigenvalue weighted by molar-refractivity contribution is 5.47. The van der Waals surface area contributed by atoms with Gasteiger partial charge in [0.2, 0.25) is 0 Å². The van der Waals surface area contributed by atoms with Crippen LogP contribution >= 0.6 is 0 Å². The summed E-state index contributed by atoms with van der Waals surface area (Å²) in [7, 11) is 3.29. The second-order valence-corrected chi connectivity index (χ2v) is 3.99. The number of nitrogen functional groups attached to an aromatic ring is 1. The molecule has 0 saturated heterocycles. The number of benzene rings is 1. The van der Waals surface area contributed by atoms with Crippen LogP contribution in [0.2, 0.25) is 0 Å². The van der Waals surface area contributed by atoms with E-state index in [1.807, 2.05) is 19.1 Å². The highest BCUT2D eigenvalue weighted by Gasteiger charge is 2.11. The molecule has 0 fully saturated rings. The lowest BCUT2D eigenvalue weighted by atomic mass is 10.1. The van der Waals surface area contributed by atoms with E-state index in [0.717, 1.165) is 28.3 Å². The molecule has 1 heterocycles. The molecule has 0 unspecified atom stereocenters. The molecular formula is C13H16N2O3. The SMILES string of the molecule is COc1cc(Cc2coc(N)n2)c(OC)cc1C. The molecule has 2 rings (SSSR count). The number of nitrogens with zero attached hydrogens (tertiary/aromatic N) is 1. The predicted molar refractivity (Wildman–Crippen MR) is 68.0 cm³/mol. The van der Waals surface area contributed by atoms with Gasteiger partial charge in [-0.15, -0.1) is 0 Å². The Morgan fingerprint density at radius 3 is 2.50 bits per heavy atom. The van der Waals surface area contributed by atoms with E-state index in [0.29, 0.717) is 6.42 Å². The van der Waals surface area contributed by atoms with E-state index in [-0.39, 0.29) is 6.01 Å². The number of aryl methyl sites for hydroxylation is 1. The molecule has 2 aromatic rings. The van der Waals surface area contributed by atoms with Gasteiger partial charge in [-0.1, -0.05) is 0 Å². The Kier molecular flexibility index (Phi) is 3.41. The fourth-order valence-corrected chi connectivity index (χ4v) is 1.85. The summed E-state index contributed by atoms with van der Waals surface area (Å²) in [6, 6.07) is 4.06. The van der Waals surface area contributed by atoms with Crippen LogP contribution in [-0.2, 0) is 6.42 Å². The molecule has 5 heteroatoms. The third-order valence-corrected chi connectivity index (χ3v) is 2.74. The molecule has 18 heavy (non-hydrogen) atoms. The molecule has 0 bridgehead atoms. The smallest absolute Gasteiger partial charge is 0.292 e. The Morgan fingerprint density at radius 2 is 1.94 bits per heavy atom. The summed E-state index contributed by atoms with van der Waals surface area (Å²) in [5.41, 5.74) is 8.22. The van der Waals surface area contributed by atoms with Crippen LogP contribution in [0, 0.1) is 6.92 Å². The number of ether oxygens (including phenoxy) is 2.